The number of nitrogens with zero attached hydrogens (tertiary/aromatic N) is 5. The second kappa shape index (κ2) is 14.0. The lowest BCUT2D eigenvalue weighted by molar-refractivity contribution is -0.150. The Labute approximate surface area is 250 Å². The zero-order valence-electron chi connectivity index (χ0n) is 23.8. The van der Waals surface area contributed by atoms with Crippen LogP contribution in [0, 0.1) is 0 Å². The molecule has 0 aliphatic heterocycles. The second-order valence-corrected chi connectivity index (χ2v) is 9.92. The molecule has 4 aromatic rings. The van der Waals surface area contributed by atoms with E-state index in [-0.39, 0.29) is 17.9 Å². The minimum Gasteiger partial charge on any atom is -0.480 e. The fraction of sp³-hybridized carbons (Fsp3) is 0.276. The highest BCUT2D eigenvalue weighted by atomic mass is 16.5. The van der Waals surface area contributed by atoms with Gasteiger partial charge in [0.25, 0.3) is 5.91 Å². The van der Waals surface area contributed by atoms with E-state index < -0.39 is 60.3 Å². The second-order valence-electron chi connectivity index (χ2n) is 9.92. The van der Waals surface area contributed by atoms with E-state index in [1.807, 2.05) is 12.1 Å². The molecule has 2 heterocycles. The Morgan fingerprint density at radius 2 is 1.68 bits per heavy atom. The number of aromatic nitrogens is 5. The molecular formula is C29H30N8O7. The Balaban J connectivity index is 1.67. The monoisotopic (exact) mass is 602 g/mol. The molecule has 0 spiro atoms. The normalized spacial score (nSPS) is 13.7. The highest BCUT2D eigenvalue weighted by molar-refractivity contribution is 5.99. The van der Waals surface area contributed by atoms with Crippen molar-refractivity contribution >= 4 is 40.6 Å². The minimum absolute atomic E-state index is 0.00595. The zero-order valence-corrected chi connectivity index (χ0v) is 23.8. The minimum atomic E-state index is -1.45. The summed E-state index contributed by atoms with van der Waals surface area (Å²) >= 11 is 0. The van der Waals surface area contributed by atoms with Crippen molar-refractivity contribution in [2.45, 2.75) is 50.9 Å². The molecule has 0 fully saturated rings. The topological polar surface area (TPSA) is 221 Å². The standard InChI is InChI=1S/C29H30N8O7/c1-16(29(42)43)37-26(34-35-36-37)25(44-17(2)38)22(14-18-8-4-3-5-9-18)32-28(41)23(15-24(30)39)33-27(40)21-13-12-19-10-6-7-11-20(19)31-21/h3-13,16,22-23,25H,14-15H2,1-2H3,(H2,30,39)(H,32,41)(H,33,40)(H,42,43)/t16-,22-,23-,25+/m0/s1. The molecule has 5 N–H and O–H groups in total. The number of amides is 3. The van der Waals surface area contributed by atoms with Crippen LogP contribution in [-0.4, -0.2) is 72.0 Å². The average Bonchev–Trinajstić information content (AvgIpc) is 3.48. The van der Waals surface area contributed by atoms with Crippen molar-refractivity contribution in [1.29, 1.82) is 0 Å². The van der Waals surface area contributed by atoms with Gasteiger partial charge in [0, 0.05) is 12.3 Å². The Hall–Kier alpha value is -5.73. The molecule has 0 radical (unpaired) electrons. The largest absolute Gasteiger partial charge is 0.480 e. The molecule has 0 unspecified atom stereocenters. The number of nitrogens with two attached hydrogens (primary N) is 1. The fourth-order valence-electron chi connectivity index (χ4n) is 4.48. The van der Waals surface area contributed by atoms with Crippen molar-refractivity contribution in [3.05, 3.63) is 83.8 Å². The summed E-state index contributed by atoms with van der Waals surface area (Å²) in [6, 6.07) is 15.4. The number of hydrogen-bond acceptors (Lipinski definition) is 10. The number of rotatable bonds is 13. The van der Waals surface area contributed by atoms with Gasteiger partial charge >= 0.3 is 11.9 Å². The van der Waals surface area contributed by atoms with Gasteiger partial charge in [0.2, 0.25) is 11.8 Å². The Morgan fingerprint density at radius 1 is 0.977 bits per heavy atom. The van der Waals surface area contributed by atoms with E-state index in [0.717, 1.165) is 17.0 Å². The molecule has 228 valence electrons. The van der Waals surface area contributed by atoms with E-state index in [9.17, 15) is 29.1 Å². The molecular weight excluding hydrogens is 572 g/mol. The van der Waals surface area contributed by atoms with E-state index in [2.05, 4.69) is 31.1 Å². The smallest absolute Gasteiger partial charge is 0.328 e. The summed E-state index contributed by atoms with van der Waals surface area (Å²) < 4.78 is 6.52. The Morgan fingerprint density at radius 3 is 2.36 bits per heavy atom. The summed E-state index contributed by atoms with van der Waals surface area (Å²) in [6.45, 7) is 2.47. The average molecular weight is 603 g/mol. The first-order valence-corrected chi connectivity index (χ1v) is 13.5. The molecule has 0 aliphatic carbocycles. The number of esters is 1. The number of benzene rings is 2. The first-order chi connectivity index (χ1) is 21.0. The van der Waals surface area contributed by atoms with Crippen molar-refractivity contribution in [2.24, 2.45) is 5.73 Å². The number of carboxylic acid groups (broad SMARTS) is 1. The van der Waals surface area contributed by atoms with Gasteiger partial charge in [-0.1, -0.05) is 54.6 Å². The maximum Gasteiger partial charge on any atom is 0.328 e. The predicted octanol–water partition coefficient (Wildman–Crippen LogP) is 0.873. The van der Waals surface area contributed by atoms with Gasteiger partial charge in [-0.3, -0.25) is 19.2 Å². The third-order valence-electron chi connectivity index (χ3n) is 6.64. The third-order valence-corrected chi connectivity index (χ3v) is 6.64. The highest BCUT2D eigenvalue weighted by Gasteiger charge is 2.36. The van der Waals surface area contributed by atoms with Crippen molar-refractivity contribution < 1.29 is 33.8 Å². The molecule has 15 nitrogen and oxygen atoms in total. The fourth-order valence-corrected chi connectivity index (χ4v) is 4.48. The maximum atomic E-state index is 13.7. The highest BCUT2D eigenvalue weighted by Crippen LogP contribution is 2.25. The number of aliphatic carboxylic acids is 1. The summed E-state index contributed by atoms with van der Waals surface area (Å²) in [4.78, 5) is 67.1. The number of carbonyl (C=O) groups excluding carboxylic acids is 4. The first-order valence-electron chi connectivity index (χ1n) is 13.5. The van der Waals surface area contributed by atoms with Gasteiger partial charge in [0.15, 0.2) is 18.0 Å². The summed E-state index contributed by atoms with van der Waals surface area (Å²) in [5.41, 5.74) is 6.68. The van der Waals surface area contributed by atoms with Gasteiger partial charge in [0.1, 0.15) is 11.7 Å². The molecule has 2 aromatic heterocycles. The van der Waals surface area contributed by atoms with Gasteiger partial charge in [-0.15, -0.1) is 5.10 Å². The SMILES string of the molecule is CC(=O)O[C@@H](c1nnnn1[C@@H](C)C(=O)O)[C@H](Cc1ccccc1)NC(=O)[C@H](CC(N)=O)NC(=O)c1ccc2ccccc2n1. The number of fused-ring (bicyclic) bond motifs is 1. The molecule has 4 atom stereocenters. The van der Waals surface area contributed by atoms with Gasteiger partial charge in [-0.2, -0.15) is 0 Å². The molecule has 0 saturated carbocycles. The molecule has 3 amide bonds. The number of ether oxygens (including phenoxy) is 1. The number of carboxylic acids is 1. The van der Waals surface area contributed by atoms with Crippen molar-refractivity contribution in [3.63, 3.8) is 0 Å². The number of para-hydroxylation sites is 1. The van der Waals surface area contributed by atoms with Crippen LogP contribution in [0.5, 0.6) is 0 Å². The van der Waals surface area contributed by atoms with E-state index in [0.29, 0.717) is 11.1 Å². The number of tetrazole rings is 1. The molecule has 2 aromatic carbocycles. The van der Waals surface area contributed by atoms with Crippen LogP contribution >= 0.6 is 0 Å². The van der Waals surface area contributed by atoms with Crippen LogP contribution in [0.25, 0.3) is 10.9 Å². The lowest BCUT2D eigenvalue weighted by Crippen LogP contribution is -2.53. The summed E-state index contributed by atoms with van der Waals surface area (Å²) in [6.07, 6.45) is -1.88. The summed E-state index contributed by atoms with van der Waals surface area (Å²) in [5.74, 6) is -4.59. The summed E-state index contributed by atoms with van der Waals surface area (Å²) in [7, 11) is 0. The van der Waals surface area contributed by atoms with Gasteiger partial charge in [0.05, 0.1) is 18.0 Å². The molecule has 44 heavy (non-hydrogen) atoms. The zero-order chi connectivity index (χ0) is 31.8. The van der Waals surface area contributed by atoms with Crippen LogP contribution in [0.4, 0.5) is 0 Å². The Kier molecular flexibility index (Phi) is 9.90. The van der Waals surface area contributed by atoms with E-state index in [1.165, 1.54) is 13.0 Å². The summed E-state index contributed by atoms with van der Waals surface area (Å²) in [5, 5.41) is 26.8. The van der Waals surface area contributed by atoms with Gasteiger partial charge in [-0.05, 0) is 41.5 Å². The van der Waals surface area contributed by atoms with Crippen LogP contribution in [0.1, 0.15) is 54.3 Å². The van der Waals surface area contributed by atoms with Crippen molar-refractivity contribution in [1.82, 2.24) is 35.8 Å². The van der Waals surface area contributed by atoms with Gasteiger partial charge < -0.3 is 26.2 Å². The lowest BCUT2D eigenvalue weighted by atomic mass is 9.99. The molecule has 0 bridgehead atoms. The van der Waals surface area contributed by atoms with E-state index >= 15 is 0 Å². The van der Waals surface area contributed by atoms with Crippen LogP contribution in [-0.2, 0) is 30.3 Å². The first kappa shape index (κ1) is 31.2. The van der Waals surface area contributed by atoms with Crippen LogP contribution in [0.3, 0.4) is 0 Å². The van der Waals surface area contributed by atoms with Crippen LogP contribution < -0.4 is 16.4 Å². The molecule has 4 rings (SSSR count). The number of primary amides is 1. The number of carbonyl (C=O) groups is 5. The van der Waals surface area contributed by atoms with E-state index in [1.54, 1.807) is 48.5 Å². The van der Waals surface area contributed by atoms with Crippen LogP contribution in [0.2, 0.25) is 0 Å². The number of hydrogen-bond donors (Lipinski definition) is 4. The number of nitrogens with one attached hydrogen (secondary N) is 2. The van der Waals surface area contributed by atoms with Crippen molar-refractivity contribution in [2.75, 3.05) is 0 Å². The van der Waals surface area contributed by atoms with Crippen LogP contribution in [0.15, 0.2) is 66.7 Å². The van der Waals surface area contributed by atoms with Crippen molar-refractivity contribution in [3.8, 4) is 0 Å². The maximum absolute atomic E-state index is 13.7. The van der Waals surface area contributed by atoms with Gasteiger partial charge in [-0.25, -0.2) is 14.5 Å². The molecule has 15 heteroatoms. The third kappa shape index (κ3) is 7.76. The Bertz CT molecular complexity index is 1680. The molecule has 0 saturated heterocycles. The lowest BCUT2D eigenvalue weighted by Gasteiger charge is -2.29. The van der Waals surface area contributed by atoms with E-state index in [4.69, 9.17) is 10.5 Å². The quantitative estimate of drug-likeness (QED) is 0.157. The number of pyridine rings is 1. The predicted molar refractivity (Wildman–Crippen MR) is 154 cm³/mol. The molecule has 0 aliphatic rings.